The Morgan fingerprint density at radius 1 is 1.39 bits per heavy atom. The van der Waals surface area contributed by atoms with Gasteiger partial charge in [-0.3, -0.25) is 4.68 Å². The maximum Gasteiger partial charge on any atom is 0.146 e. The Morgan fingerprint density at radius 2 is 2.17 bits per heavy atom. The number of hydrogen-bond donors (Lipinski definition) is 1. The van der Waals surface area contributed by atoms with E-state index in [1.807, 2.05) is 26.2 Å². The van der Waals surface area contributed by atoms with E-state index >= 15 is 0 Å². The molecule has 2 aromatic rings. The molecule has 0 saturated carbocycles. The lowest BCUT2D eigenvalue weighted by Crippen LogP contribution is -2.14. The summed E-state index contributed by atoms with van der Waals surface area (Å²) in [6.07, 6.45) is 4.57. The molecule has 1 atom stereocenters. The average molecular weight is 247 g/mol. The molecule has 0 amide bonds. The van der Waals surface area contributed by atoms with Crippen molar-refractivity contribution in [1.29, 1.82) is 0 Å². The number of anilines is 1. The van der Waals surface area contributed by atoms with Gasteiger partial charge in [0.15, 0.2) is 0 Å². The molecule has 2 rings (SSSR count). The fourth-order valence-electron chi connectivity index (χ4n) is 1.75. The molecule has 0 bridgehead atoms. The molecule has 1 heterocycles. The number of rotatable bonds is 4. The van der Waals surface area contributed by atoms with Crippen LogP contribution in [0, 0.1) is 5.82 Å². The molecular weight excluding hydrogens is 229 g/mol. The van der Waals surface area contributed by atoms with Crippen LogP contribution in [0.1, 0.15) is 20.3 Å². The Morgan fingerprint density at radius 3 is 2.72 bits per heavy atom. The fourth-order valence-corrected chi connectivity index (χ4v) is 1.75. The van der Waals surface area contributed by atoms with Crippen molar-refractivity contribution < 1.29 is 4.39 Å². The molecule has 18 heavy (non-hydrogen) atoms. The Bertz CT molecular complexity index is 534. The molecule has 0 aliphatic carbocycles. The van der Waals surface area contributed by atoms with Crippen LogP contribution in [0.2, 0.25) is 0 Å². The van der Waals surface area contributed by atoms with Crippen LogP contribution in [0.3, 0.4) is 0 Å². The third-order valence-corrected chi connectivity index (χ3v) is 3.02. The molecule has 4 heteroatoms. The van der Waals surface area contributed by atoms with Gasteiger partial charge in [0.05, 0.1) is 11.9 Å². The molecular formula is C14H18FN3. The van der Waals surface area contributed by atoms with E-state index in [0.717, 1.165) is 17.5 Å². The summed E-state index contributed by atoms with van der Waals surface area (Å²) < 4.78 is 15.7. The Labute approximate surface area is 107 Å². The van der Waals surface area contributed by atoms with Crippen LogP contribution in [0.4, 0.5) is 10.1 Å². The predicted molar refractivity (Wildman–Crippen MR) is 72.0 cm³/mol. The van der Waals surface area contributed by atoms with Gasteiger partial charge in [-0.05, 0) is 31.0 Å². The Hall–Kier alpha value is -1.84. The number of aromatic nitrogens is 2. The minimum atomic E-state index is -0.225. The summed E-state index contributed by atoms with van der Waals surface area (Å²) in [6, 6.07) is 5.50. The van der Waals surface area contributed by atoms with Gasteiger partial charge in [0.2, 0.25) is 0 Å². The van der Waals surface area contributed by atoms with Gasteiger partial charge in [-0.1, -0.05) is 13.0 Å². The Kier molecular flexibility index (Phi) is 3.65. The summed E-state index contributed by atoms with van der Waals surface area (Å²) >= 11 is 0. The van der Waals surface area contributed by atoms with Gasteiger partial charge < -0.3 is 5.32 Å². The first-order valence-corrected chi connectivity index (χ1v) is 6.15. The summed E-state index contributed by atoms with van der Waals surface area (Å²) in [4.78, 5) is 0. The molecule has 3 nitrogen and oxygen atoms in total. The van der Waals surface area contributed by atoms with Crippen molar-refractivity contribution in [2.75, 3.05) is 5.32 Å². The van der Waals surface area contributed by atoms with Crippen LogP contribution < -0.4 is 5.32 Å². The van der Waals surface area contributed by atoms with Crippen molar-refractivity contribution in [3.05, 3.63) is 36.4 Å². The summed E-state index contributed by atoms with van der Waals surface area (Å²) in [7, 11) is 1.85. The standard InChI is InChI=1S/C14H18FN3/c1-4-10(2)17-14-6-5-11(7-13(14)15)12-8-16-18(3)9-12/h5-10,17H,4H2,1-3H3. The molecule has 1 unspecified atom stereocenters. The second kappa shape index (κ2) is 5.21. The average Bonchev–Trinajstić information content (AvgIpc) is 2.78. The second-order valence-corrected chi connectivity index (χ2v) is 4.55. The summed E-state index contributed by atoms with van der Waals surface area (Å²) in [5.74, 6) is -0.225. The number of halogens is 1. The smallest absolute Gasteiger partial charge is 0.146 e. The highest BCUT2D eigenvalue weighted by molar-refractivity contribution is 5.65. The first kappa shape index (κ1) is 12.6. The van der Waals surface area contributed by atoms with Crippen molar-refractivity contribution in [2.24, 2.45) is 7.05 Å². The highest BCUT2D eigenvalue weighted by atomic mass is 19.1. The summed E-state index contributed by atoms with van der Waals surface area (Å²) in [5, 5.41) is 7.23. The van der Waals surface area contributed by atoms with E-state index in [0.29, 0.717) is 5.69 Å². The van der Waals surface area contributed by atoms with E-state index in [4.69, 9.17) is 0 Å². The third-order valence-electron chi connectivity index (χ3n) is 3.02. The number of nitrogens with zero attached hydrogens (tertiary/aromatic N) is 2. The molecule has 0 spiro atoms. The van der Waals surface area contributed by atoms with Gasteiger partial charge in [-0.2, -0.15) is 5.10 Å². The topological polar surface area (TPSA) is 29.9 Å². The van der Waals surface area contributed by atoms with Crippen molar-refractivity contribution in [2.45, 2.75) is 26.3 Å². The zero-order valence-corrected chi connectivity index (χ0v) is 10.9. The quantitative estimate of drug-likeness (QED) is 0.897. The lowest BCUT2D eigenvalue weighted by molar-refractivity contribution is 0.625. The van der Waals surface area contributed by atoms with Crippen LogP contribution in [0.15, 0.2) is 30.6 Å². The van der Waals surface area contributed by atoms with Crippen LogP contribution >= 0.6 is 0 Å². The monoisotopic (exact) mass is 247 g/mol. The van der Waals surface area contributed by atoms with E-state index in [9.17, 15) is 4.39 Å². The van der Waals surface area contributed by atoms with Gasteiger partial charge in [-0.25, -0.2) is 4.39 Å². The molecule has 0 saturated heterocycles. The largest absolute Gasteiger partial charge is 0.380 e. The normalized spacial score (nSPS) is 12.4. The first-order chi connectivity index (χ1) is 8.60. The minimum Gasteiger partial charge on any atom is -0.380 e. The van der Waals surface area contributed by atoms with Crippen molar-refractivity contribution in [1.82, 2.24) is 9.78 Å². The van der Waals surface area contributed by atoms with Crippen LogP contribution in [0.25, 0.3) is 11.1 Å². The van der Waals surface area contributed by atoms with Crippen LogP contribution in [-0.2, 0) is 7.05 Å². The SMILES string of the molecule is CCC(C)Nc1ccc(-c2cnn(C)c2)cc1F. The zero-order valence-electron chi connectivity index (χ0n) is 10.9. The van der Waals surface area contributed by atoms with Crippen molar-refractivity contribution in [3.63, 3.8) is 0 Å². The summed E-state index contributed by atoms with van der Waals surface area (Å²) in [5.41, 5.74) is 2.32. The van der Waals surface area contributed by atoms with E-state index in [1.165, 1.54) is 0 Å². The Balaban J connectivity index is 2.24. The van der Waals surface area contributed by atoms with Gasteiger partial charge in [-0.15, -0.1) is 0 Å². The maximum absolute atomic E-state index is 13.9. The number of benzene rings is 1. The second-order valence-electron chi connectivity index (χ2n) is 4.55. The first-order valence-electron chi connectivity index (χ1n) is 6.15. The zero-order chi connectivity index (χ0) is 13.1. The number of nitrogens with one attached hydrogen (secondary N) is 1. The molecule has 0 fully saturated rings. The predicted octanol–water partition coefficient (Wildman–Crippen LogP) is 3.44. The lowest BCUT2D eigenvalue weighted by atomic mass is 10.1. The van der Waals surface area contributed by atoms with E-state index in [-0.39, 0.29) is 11.9 Å². The van der Waals surface area contributed by atoms with Crippen molar-refractivity contribution in [3.8, 4) is 11.1 Å². The fraction of sp³-hybridized carbons (Fsp3) is 0.357. The van der Waals surface area contributed by atoms with Gasteiger partial charge in [0.25, 0.3) is 0 Å². The van der Waals surface area contributed by atoms with Gasteiger partial charge in [0, 0.05) is 24.8 Å². The third kappa shape index (κ3) is 2.70. The molecule has 1 N–H and O–H groups in total. The highest BCUT2D eigenvalue weighted by Crippen LogP contribution is 2.24. The molecule has 1 aromatic heterocycles. The highest BCUT2D eigenvalue weighted by Gasteiger charge is 2.08. The molecule has 0 radical (unpaired) electrons. The van der Waals surface area contributed by atoms with E-state index in [1.54, 1.807) is 23.0 Å². The number of aryl methyl sites for hydroxylation is 1. The maximum atomic E-state index is 13.9. The minimum absolute atomic E-state index is 0.225. The van der Waals surface area contributed by atoms with Crippen LogP contribution in [-0.4, -0.2) is 15.8 Å². The lowest BCUT2D eigenvalue weighted by Gasteiger charge is -2.14. The van der Waals surface area contributed by atoms with E-state index < -0.39 is 0 Å². The molecule has 1 aromatic carbocycles. The van der Waals surface area contributed by atoms with Gasteiger partial charge in [0.1, 0.15) is 5.82 Å². The molecule has 0 aliphatic heterocycles. The molecule has 96 valence electrons. The molecule has 0 aliphatic rings. The number of hydrogen-bond acceptors (Lipinski definition) is 2. The van der Waals surface area contributed by atoms with Gasteiger partial charge >= 0.3 is 0 Å². The summed E-state index contributed by atoms with van der Waals surface area (Å²) in [6.45, 7) is 4.11. The van der Waals surface area contributed by atoms with E-state index in [2.05, 4.69) is 17.3 Å². The van der Waals surface area contributed by atoms with Crippen LogP contribution in [0.5, 0.6) is 0 Å². The van der Waals surface area contributed by atoms with Crippen molar-refractivity contribution >= 4 is 5.69 Å².